The highest BCUT2D eigenvalue weighted by molar-refractivity contribution is 5.87. The van der Waals surface area contributed by atoms with E-state index in [9.17, 15) is 13.6 Å². The van der Waals surface area contributed by atoms with Crippen LogP contribution in [0.4, 0.5) is 20.2 Å². The molecule has 0 saturated heterocycles. The van der Waals surface area contributed by atoms with Gasteiger partial charge in [-0.3, -0.25) is 0 Å². The highest BCUT2D eigenvalue weighted by atomic mass is 19.3. The number of nitrogen functional groups attached to an aromatic ring is 2. The summed E-state index contributed by atoms with van der Waals surface area (Å²) in [6.07, 6.45) is 6.95. The van der Waals surface area contributed by atoms with Crippen LogP contribution < -0.4 is 16.2 Å². The van der Waals surface area contributed by atoms with Crippen LogP contribution >= 0.6 is 0 Å². The largest absolute Gasteiger partial charge is 0.463 e. The Morgan fingerprint density at radius 1 is 1.06 bits per heavy atom. The van der Waals surface area contributed by atoms with Crippen molar-refractivity contribution < 1.29 is 23.0 Å². The molecule has 5 nitrogen and oxygen atoms in total. The number of aryl methyl sites for hydroxylation is 1. The van der Waals surface area contributed by atoms with Gasteiger partial charge in [-0.2, -0.15) is 8.78 Å². The predicted octanol–water partition coefficient (Wildman–Crippen LogP) is 7.01. The van der Waals surface area contributed by atoms with Crippen molar-refractivity contribution in [2.45, 2.75) is 70.8 Å². The van der Waals surface area contributed by atoms with E-state index in [1.165, 1.54) is 18.2 Å². The minimum atomic E-state index is -3.18. The van der Waals surface area contributed by atoms with Gasteiger partial charge >= 0.3 is 12.1 Å². The molecule has 2 aromatic carbocycles. The molecule has 4 N–H and O–H groups in total. The molecule has 1 aliphatic rings. The summed E-state index contributed by atoms with van der Waals surface area (Å²) in [7, 11) is 0. The third-order valence-electron chi connectivity index (χ3n) is 6.82. The maximum atomic E-state index is 14.7. The number of unbranched alkanes of at least 4 members (excludes halogenated alkanes) is 1. The smallest absolute Gasteiger partial charge is 0.400 e. The molecule has 0 aromatic heterocycles. The van der Waals surface area contributed by atoms with E-state index in [1.807, 2.05) is 12.1 Å². The standard InChI is InChI=1S/C29H38F2N2O3/c1-2-5-21-7-13-24(14-8-21)29(30,31)36-26-16-9-22(10-17-26)11-18-28(34)35-19-4-3-6-23-12-15-25(32)20-27(23)33/h9-12,15-18,20-21,24H,2-8,13-14,19,32-33H2,1H3/b18-11+. The first-order chi connectivity index (χ1) is 17.3. The third-order valence-corrected chi connectivity index (χ3v) is 6.82. The van der Waals surface area contributed by atoms with E-state index in [2.05, 4.69) is 6.92 Å². The summed E-state index contributed by atoms with van der Waals surface area (Å²) in [5.74, 6) is -0.512. The number of alkyl halides is 2. The Hall–Kier alpha value is -3.09. The lowest BCUT2D eigenvalue weighted by molar-refractivity contribution is -0.223. The Labute approximate surface area is 212 Å². The molecule has 0 heterocycles. The number of halogens is 2. The number of benzene rings is 2. The van der Waals surface area contributed by atoms with Crippen LogP contribution in [0.2, 0.25) is 0 Å². The number of rotatable bonds is 12. The van der Waals surface area contributed by atoms with Crippen LogP contribution in [0.3, 0.4) is 0 Å². The predicted molar refractivity (Wildman–Crippen MR) is 141 cm³/mol. The third kappa shape index (κ3) is 8.54. The minimum absolute atomic E-state index is 0.122. The molecule has 0 unspecified atom stereocenters. The fourth-order valence-corrected chi connectivity index (χ4v) is 4.73. The number of carbonyl (C=O) groups excluding carboxylic acids is 1. The quantitative estimate of drug-likeness (QED) is 0.142. The number of carbonyl (C=O) groups is 1. The lowest BCUT2D eigenvalue weighted by Gasteiger charge is -2.33. The van der Waals surface area contributed by atoms with Crippen molar-refractivity contribution in [2.75, 3.05) is 18.1 Å². The monoisotopic (exact) mass is 500 g/mol. The zero-order valence-electron chi connectivity index (χ0n) is 21.1. The number of esters is 1. The first-order valence-corrected chi connectivity index (χ1v) is 12.9. The zero-order chi connectivity index (χ0) is 26.0. The second-order valence-corrected chi connectivity index (χ2v) is 9.66. The molecule has 1 fully saturated rings. The van der Waals surface area contributed by atoms with E-state index in [4.69, 9.17) is 20.9 Å². The Bertz CT molecular complexity index is 1000. The van der Waals surface area contributed by atoms with E-state index in [1.54, 1.807) is 24.3 Å². The zero-order valence-corrected chi connectivity index (χ0v) is 21.1. The van der Waals surface area contributed by atoms with Gasteiger partial charge in [-0.15, -0.1) is 0 Å². The maximum absolute atomic E-state index is 14.7. The number of anilines is 2. The summed E-state index contributed by atoms with van der Waals surface area (Å²) in [5, 5.41) is 0. The molecule has 7 heteroatoms. The molecular formula is C29H38F2N2O3. The highest BCUT2D eigenvalue weighted by Crippen LogP contribution is 2.41. The highest BCUT2D eigenvalue weighted by Gasteiger charge is 2.43. The summed E-state index contributed by atoms with van der Waals surface area (Å²) in [4.78, 5) is 12.0. The molecule has 1 aliphatic carbocycles. The van der Waals surface area contributed by atoms with Gasteiger partial charge in [-0.05, 0) is 92.3 Å². The van der Waals surface area contributed by atoms with Crippen molar-refractivity contribution >= 4 is 23.4 Å². The maximum Gasteiger partial charge on any atom is 0.400 e. The van der Waals surface area contributed by atoms with Crippen molar-refractivity contribution in [1.82, 2.24) is 0 Å². The molecule has 0 radical (unpaired) electrons. The van der Waals surface area contributed by atoms with Crippen LogP contribution in [0.5, 0.6) is 5.75 Å². The Morgan fingerprint density at radius 2 is 1.78 bits per heavy atom. The molecule has 2 aromatic rings. The van der Waals surface area contributed by atoms with Crippen LogP contribution in [0, 0.1) is 11.8 Å². The Kier molecular flexibility index (Phi) is 10.1. The molecule has 0 aliphatic heterocycles. The van der Waals surface area contributed by atoms with Crippen molar-refractivity contribution in [3.05, 3.63) is 59.7 Å². The van der Waals surface area contributed by atoms with Gasteiger partial charge in [0.1, 0.15) is 5.75 Å². The topological polar surface area (TPSA) is 87.6 Å². The Balaban J connectivity index is 1.37. The number of ether oxygens (including phenoxy) is 2. The Morgan fingerprint density at radius 3 is 2.44 bits per heavy atom. The molecule has 1 saturated carbocycles. The summed E-state index contributed by atoms with van der Waals surface area (Å²) in [5.41, 5.74) is 14.7. The van der Waals surface area contributed by atoms with E-state index in [0.717, 1.165) is 44.1 Å². The minimum Gasteiger partial charge on any atom is -0.463 e. The molecule has 196 valence electrons. The van der Waals surface area contributed by atoms with Gasteiger partial charge in [0, 0.05) is 17.5 Å². The number of nitrogens with two attached hydrogens (primary N) is 2. The van der Waals surface area contributed by atoms with Crippen molar-refractivity contribution in [3.63, 3.8) is 0 Å². The molecular weight excluding hydrogens is 462 g/mol. The van der Waals surface area contributed by atoms with Crippen molar-refractivity contribution in [1.29, 1.82) is 0 Å². The van der Waals surface area contributed by atoms with E-state index in [-0.39, 0.29) is 5.75 Å². The van der Waals surface area contributed by atoms with Crippen LogP contribution in [-0.2, 0) is 16.0 Å². The second kappa shape index (κ2) is 13.3. The average Bonchev–Trinajstić information content (AvgIpc) is 2.85. The summed E-state index contributed by atoms with van der Waals surface area (Å²) >= 11 is 0. The lowest BCUT2D eigenvalue weighted by Crippen LogP contribution is -2.37. The van der Waals surface area contributed by atoms with E-state index >= 15 is 0 Å². The molecule has 36 heavy (non-hydrogen) atoms. The van der Waals surface area contributed by atoms with Gasteiger partial charge in [-0.25, -0.2) is 4.79 Å². The van der Waals surface area contributed by atoms with Gasteiger partial charge < -0.3 is 20.9 Å². The van der Waals surface area contributed by atoms with E-state index < -0.39 is 18.0 Å². The molecule has 0 atom stereocenters. The van der Waals surface area contributed by atoms with Crippen LogP contribution in [0.15, 0.2) is 48.5 Å². The number of hydrogen-bond acceptors (Lipinski definition) is 5. The summed E-state index contributed by atoms with van der Waals surface area (Å²) in [6, 6.07) is 11.8. The fraction of sp³-hybridized carbons (Fsp3) is 0.483. The van der Waals surface area contributed by atoms with Crippen molar-refractivity contribution in [2.24, 2.45) is 11.8 Å². The second-order valence-electron chi connectivity index (χ2n) is 9.66. The first kappa shape index (κ1) is 27.5. The molecule has 0 spiro atoms. The number of hydrogen-bond donors (Lipinski definition) is 2. The van der Waals surface area contributed by atoms with E-state index in [0.29, 0.717) is 48.7 Å². The summed E-state index contributed by atoms with van der Waals surface area (Å²) in [6.45, 7) is 2.44. The molecule has 0 amide bonds. The molecule has 0 bridgehead atoms. The van der Waals surface area contributed by atoms with Gasteiger partial charge in [0.2, 0.25) is 0 Å². The van der Waals surface area contributed by atoms with Crippen LogP contribution in [-0.4, -0.2) is 18.7 Å². The van der Waals surface area contributed by atoms with Gasteiger partial charge in [-0.1, -0.05) is 38.0 Å². The normalized spacial score (nSPS) is 18.3. The van der Waals surface area contributed by atoms with Crippen LogP contribution in [0.1, 0.15) is 69.4 Å². The van der Waals surface area contributed by atoms with Gasteiger partial charge in [0.05, 0.1) is 12.5 Å². The van der Waals surface area contributed by atoms with Gasteiger partial charge in [0.25, 0.3) is 0 Å². The van der Waals surface area contributed by atoms with Crippen LogP contribution in [0.25, 0.3) is 6.08 Å². The molecule has 3 rings (SSSR count). The summed E-state index contributed by atoms with van der Waals surface area (Å²) < 4.78 is 39.6. The average molecular weight is 501 g/mol. The first-order valence-electron chi connectivity index (χ1n) is 12.9. The lowest BCUT2D eigenvalue weighted by atomic mass is 9.79. The van der Waals surface area contributed by atoms with Crippen molar-refractivity contribution in [3.8, 4) is 5.75 Å². The van der Waals surface area contributed by atoms with Gasteiger partial charge in [0.15, 0.2) is 0 Å². The fourth-order valence-electron chi connectivity index (χ4n) is 4.73. The SMILES string of the molecule is CCCC1CCC(C(F)(F)Oc2ccc(/C=C/C(=O)OCCCCc3ccc(N)cc3N)cc2)CC1.